The Morgan fingerprint density at radius 1 is 1.38 bits per heavy atom. The van der Waals surface area contributed by atoms with Crippen molar-refractivity contribution in [1.82, 2.24) is 10.2 Å². The van der Waals surface area contributed by atoms with Crippen molar-refractivity contribution in [3.05, 3.63) is 34.9 Å². The molecule has 2 unspecified atom stereocenters. The van der Waals surface area contributed by atoms with E-state index in [1.165, 1.54) is 4.90 Å². The Bertz CT molecular complexity index is 510. The number of benzene rings is 1. The molecule has 0 spiro atoms. The molecule has 0 heterocycles. The molecule has 0 bridgehead atoms. The zero-order valence-electron chi connectivity index (χ0n) is 11.9. The number of amides is 2. The summed E-state index contributed by atoms with van der Waals surface area (Å²) in [7, 11) is 1.56. The number of carboxylic acid groups (broad SMARTS) is 1. The minimum absolute atomic E-state index is 0.0462. The summed E-state index contributed by atoms with van der Waals surface area (Å²) in [6, 6.07) is 5.16. The quantitative estimate of drug-likeness (QED) is 0.748. The molecule has 7 heteroatoms. The standard InChI is InChI=1S/C14H19ClN2O4/c1-9(10-5-3-4-6-11(10)15)17(2)14(21)16-12(7-8-18)13(19)20/h3-6,9,12,18H,7-8H2,1-2H3,(H,16,21)(H,19,20). The number of nitrogens with one attached hydrogen (secondary N) is 1. The summed E-state index contributed by atoms with van der Waals surface area (Å²) in [5, 5.41) is 20.7. The van der Waals surface area contributed by atoms with Crippen molar-refractivity contribution in [3.63, 3.8) is 0 Å². The van der Waals surface area contributed by atoms with Gasteiger partial charge in [0.1, 0.15) is 6.04 Å². The van der Waals surface area contributed by atoms with Crippen LogP contribution in [0.4, 0.5) is 4.79 Å². The van der Waals surface area contributed by atoms with Crippen LogP contribution in [0, 0.1) is 0 Å². The number of carbonyl (C=O) groups excluding carboxylic acids is 1. The van der Waals surface area contributed by atoms with E-state index in [2.05, 4.69) is 5.32 Å². The molecule has 1 rings (SSSR count). The third kappa shape index (κ3) is 4.61. The Kier molecular flexibility index (Phi) is 6.45. The van der Waals surface area contributed by atoms with Gasteiger partial charge in [-0.05, 0) is 18.6 Å². The first kappa shape index (κ1) is 17.3. The maximum Gasteiger partial charge on any atom is 0.326 e. The fourth-order valence-corrected chi connectivity index (χ4v) is 2.13. The molecule has 3 N–H and O–H groups in total. The maximum atomic E-state index is 12.1. The van der Waals surface area contributed by atoms with E-state index in [0.29, 0.717) is 5.02 Å². The number of carboxylic acids is 1. The predicted octanol–water partition coefficient (Wildman–Crippen LogP) is 1.88. The van der Waals surface area contributed by atoms with E-state index in [1.807, 2.05) is 6.07 Å². The lowest BCUT2D eigenvalue weighted by molar-refractivity contribution is -0.139. The van der Waals surface area contributed by atoms with Gasteiger partial charge in [-0.2, -0.15) is 0 Å². The number of rotatable bonds is 6. The largest absolute Gasteiger partial charge is 0.480 e. The van der Waals surface area contributed by atoms with Gasteiger partial charge < -0.3 is 20.4 Å². The van der Waals surface area contributed by atoms with E-state index in [4.69, 9.17) is 21.8 Å². The Morgan fingerprint density at radius 2 is 2.00 bits per heavy atom. The van der Waals surface area contributed by atoms with Crippen LogP contribution < -0.4 is 5.32 Å². The van der Waals surface area contributed by atoms with E-state index >= 15 is 0 Å². The Labute approximate surface area is 128 Å². The summed E-state index contributed by atoms with van der Waals surface area (Å²) in [5.41, 5.74) is 0.769. The second-order valence-corrected chi connectivity index (χ2v) is 5.07. The van der Waals surface area contributed by atoms with Crippen LogP contribution in [0.1, 0.15) is 24.9 Å². The summed E-state index contributed by atoms with van der Waals surface area (Å²) >= 11 is 6.09. The van der Waals surface area contributed by atoms with E-state index in [-0.39, 0.29) is 19.1 Å². The highest BCUT2D eigenvalue weighted by atomic mass is 35.5. The predicted molar refractivity (Wildman–Crippen MR) is 79.3 cm³/mol. The lowest BCUT2D eigenvalue weighted by Gasteiger charge is -2.27. The summed E-state index contributed by atoms with van der Waals surface area (Å²) < 4.78 is 0. The first-order valence-electron chi connectivity index (χ1n) is 6.50. The van der Waals surface area contributed by atoms with E-state index in [0.717, 1.165) is 5.56 Å². The van der Waals surface area contributed by atoms with Gasteiger partial charge in [0.15, 0.2) is 0 Å². The SMILES string of the molecule is CC(c1ccccc1Cl)N(C)C(=O)NC(CCO)C(=O)O. The molecule has 1 aromatic rings. The number of halogens is 1. The molecule has 21 heavy (non-hydrogen) atoms. The molecule has 0 aliphatic heterocycles. The van der Waals surface area contributed by atoms with Gasteiger partial charge in [-0.3, -0.25) is 0 Å². The minimum Gasteiger partial charge on any atom is -0.480 e. The number of nitrogens with zero attached hydrogens (tertiary/aromatic N) is 1. The van der Waals surface area contributed by atoms with Crippen LogP contribution in [0.2, 0.25) is 5.02 Å². The topological polar surface area (TPSA) is 89.9 Å². The molecule has 0 saturated heterocycles. The average molecular weight is 315 g/mol. The summed E-state index contributed by atoms with van der Waals surface area (Å²) in [4.78, 5) is 24.4. The minimum atomic E-state index is -1.18. The molecule has 0 aliphatic carbocycles. The van der Waals surface area contributed by atoms with Gasteiger partial charge in [-0.15, -0.1) is 0 Å². The van der Waals surface area contributed by atoms with Crippen LogP contribution in [0.3, 0.4) is 0 Å². The highest BCUT2D eigenvalue weighted by Crippen LogP contribution is 2.26. The van der Waals surface area contributed by atoms with Gasteiger partial charge in [0.2, 0.25) is 0 Å². The Hall–Kier alpha value is -1.79. The van der Waals surface area contributed by atoms with Gasteiger partial charge in [0, 0.05) is 25.1 Å². The van der Waals surface area contributed by atoms with Crippen LogP contribution in [0.15, 0.2) is 24.3 Å². The summed E-state index contributed by atoms with van der Waals surface area (Å²) in [6.07, 6.45) is -0.0462. The number of aliphatic carboxylic acids is 1. The zero-order chi connectivity index (χ0) is 16.0. The summed E-state index contributed by atoms with van der Waals surface area (Å²) in [5.74, 6) is -1.18. The zero-order valence-corrected chi connectivity index (χ0v) is 12.7. The van der Waals surface area contributed by atoms with Gasteiger partial charge in [0.05, 0.1) is 6.04 Å². The number of aliphatic hydroxyl groups is 1. The molecule has 116 valence electrons. The smallest absolute Gasteiger partial charge is 0.326 e. The van der Waals surface area contributed by atoms with Crippen molar-refractivity contribution in [3.8, 4) is 0 Å². The van der Waals surface area contributed by atoms with Crippen LogP contribution in [-0.4, -0.2) is 46.8 Å². The van der Waals surface area contributed by atoms with E-state index in [9.17, 15) is 9.59 Å². The van der Waals surface area contributed by atoms with Gasteiger partial charge in [0.25, 0.3) is 0 Å². The van der Waals surface area contributed by atoms with Crippen LogP contribution >= 0.6 is 11.6 Å². The maximum absolute atomic E-state index is 12.1. The van der Waals surface area contributed by atoms with E-state index < -0.39 is 18.0 Å². The normalized spacial score (nSPS) is 13.3. The van der Waals surface area contributed by atoms with Gasteiger partial charge in [-0.1, -0.05) is 29.8 Å². The first-order valence-corrected chi connectivity index (χ1v) is 6.87. The number of hydrogen-bond donors (Lipinski definition) is 3. The highest BCUT2D eigenvalue weighted by molar-refractivity contribution is 6.31. The number of urea groups is 1. The average Bonchev–Trinajstić information content (AvgIpc) is 2.45. The molecular weight excluding hydrogens is 296 g/mol. The molecule has 0 aliphatic rings. The van der Waals surface area contributed by atoms with Crippen molar-refractivity contribution in [2.24, 2.45) is 0 Å². The molecule has 0 aromatic heterocycles. The van der Waals surface area contributed by atoms with Crippen molar-refractivity contribution >= 4 is 23.6 Å². The molecule has 0 radical (unpaired) electrons. The van der Waals surface area contributed by atoms with Crippen molar-refractivity contribution < 1.29 is 19.8 Å². The summed E-state index contributed by atoms with van der Waals surface area (Å²) in [6.45, 7) is 1.48. The second-order valence-electron chi connectivity index (χ2n) is 4.66. The molecule has 2 atom stereocenters. The van der Waals surface area contributed by atoms with Crippen molar-refractivity contribution in [2.45, 2.75) is 25.4 Å². The van der Waals surface area contributed by atoms with Crippen LogP contribution in [0.5, 0.6) is 0 Å². The molecule has 6 nitrogen and oxygen atoms in total. The molecule has 2 amide bonds. The number of hydrogen-bond acceptors (Lipinski definition) is 3. The first-order chi connectivity index (χ1) is 9.88. The fourth-order valence-electron chi connectivity index (χ4n) is 1.84. The lowest BCUT2D eigenvalue weighted by Crippen LogP contribution is -2.47. The molecular formula is C14H19ClN2O4. The second kappa shape index (κ2) is 7.85. The van der Waals surface area contributed by atoms with Crippen LogP contribution in [0.25, 0.3) is 0 Å². The third-order valence-corrected chi connectivity index (χ3v) is 3.61. The highest BCUT2D eigenvalue weighted by Gasteiger charge is 2.24. The van der Waals surface area contributed by atoms with Gasteiger partial charge >= 0.3 is 12.0 Å². The van der Waals surface area contributed by atoms with Crippen molar-refractivity contribution in [2.75, 3.05) is 13.7 Å². The van der Waals surface area contributed by atoms with Gasteiger partial charge in [-0.25, -0.2) is 9.59 Å². The Balaban J connectivity index is 2.78. The van der Waals surface area contributed by atoms with Crippen molar-refractivity contribution in [1.29, 1.82) is 0 Å². The van der Waals surface area contributed by atoms with E-state index in [1.54, 1.807) is 32.2 Å². The fraction of sp³-hybridized carbons (Fsp3) is 0.429. The molecule has 1 aromatic carbocycles. The number of carbonyl (C=O) groups is 2. The lowest BCUT2D eigenvalue weighted by atomic mass is 10.1. The monoisotopic (exact) mass is 314 g/mol. The van der Waals surface area contributed by atoms with Crippen LogP contribution in [-0.2, 0) is 4.79 Å². The number of aliphatic hydroxyl groups excluding tert-OH is 1. The third-order valence-electron chi connectivity index (χ3n) is 3.27. The molecule has 0 fully saturated rings. The Morgan fingerprint density at radius 3 is 2.52 bits per heavy atom. The molecule has 0 saturated carbocycles.